The second-order valence-corrected chi connectivity index (χ2v) is 10.5. The Morgan fingerprint density at radius 1 is 1.05 bits per heavy atom. The Bertz CT molecular complexity index is 1630. The van der Waals surface area contributed by atoms with Gasteiger partial charge < -0.3 is 14.5 Å². The third-order valence-electron chi connectivity index (χ3n) is 7.31. The van der Waals surface area contributed by atoms with Crippen LogP contribution in [0.15, 0.2) is 76.7 Å². The lowest BCUT2D eigenvalue weighted by Crippen LogP contribution is -2.32. The molecule has 0 saturated carbocycles. The summed E-state index contributed by atoms with van der Waals surface area (Å²) in [6, 6.07) is 20.1. The predicted octanol–water partition coefficient (Wildman–Crippen LogP) is 7.33. The zero-order valence-electron chi connectivity index (χ0n) is 20.8. The van der Waals surface area contributed by atoms with E-state index in [4.69, 9.17) is 9.15 Å². The van der Waals surface area contributed by atoms with E-state index in [0.29, 0.717) is 29.3 Å². The normalized spacial score (nSPS) is 18.2. The molecule has 0 unspecified atom stereocenters. The molecular formula is C30H26N2O5. The summed E-state index contributed by atoms with van der Waals surface area (Å²) in [5.41, 5.74) is 4.09. The number of ether oxygens (including phenoxy) is 1. The molecule has 1 aliphatic heterocycles. The second-order valence-electron chi connectivity index (χ2n) is 10.5. The third kappa shape index (κ3) is 3.78. The van der Waals surface area contributed by atoms with Crippen LogP contribution in [0.5, 0.6) is 5.75 Å². The molecule has 1 N–H and O–H groups in total. The largest absolute Gasteiger partial charge is 0.496 e. The summed E-state index contributed by atoms with van der Waals surface area (Å²) in [5.74, 6) is 1.72. The van der Waals surface area contributed by atoms with Crippen LogP contribution < -0.4 is 10.1 Å². The minimum Gasteiger partial charge on any atom is -0.496 e. The van der Waals surface area contributed by atoms with Crippen LogP contribution in [0, 0.1) is 15.5 Å². The number of nitro groups is 1. The molecule has 186 valence electrons. The van der Waals surface area contributed by atoms with Crippen molar-refractivity contribution in [3.8, 4) is 17.1 Å². The van der Waals surface area contributed by atoms with E-state index in [0.717, 1.165) is 39.6 Å². The monoisotopic (exact) mass is 494 g/mol. The summed E-state index contributed by atoms with van der Waals surface area (Å²) in [6.45, 7) is 4.25. The molecule has 7 nitrogen and oxygen atoms in total. The van der Waals surface area contributed by atoms with E-state index in [2.05, 4.69) is 37.4 Å². The van der Waals surface area contributed by atoms with Gasteiger partial charge in [-0.2, -0.15) is 0 Å². The molecule has 0 saturated heterocycles. The van der Waals surface area contributed by atoms with Gasteiger partial charge in [-0.15, -0.1) is 0 Å². The predicted molar refractivity (Wildman–Crippen MR) is 143 cm³/mol. The Balaban J connectivity index is 1.49. The lowest BCUT2D eigenvalue weighted by atomic mass is 9.68. The number of nitrogens with zero attached hydrogens (tertiary/aromatic N) is 1. The van der Waals surface area contributed by atoms with Crippen LogP contribution in [-0.2, 0) is 4.79 Å². The number of benzene rings is 3. The van der Waals surface area contributed by atoms with Gasteiger partial charge in [0.1, 0.15) is 23.3 Å². The SMILES string of the molecule is COc1cc([N+](=O)[O-])ccc1-c1ccc([C@@H]2Nc3ccc4ccccc4c3C3=C2CC(C)(C)CC3=O)o1. The van der Waals surface area contributed by atoms with Gasteiger partial charge in [-0.25, -0.2) is 0 Å². The van der Waals surface area contributed by atoms with E-state index in [-0.39, 0.29) is 22.9 Å². The Kier molecular flexibility index (Phi) is 5.19. The maximum atomic E-state index is 13.6. The number of methoxy groups -OCH3 is 1. The van der Waals surface area contributed by atoms with E-state index in [1.807, 2.05) is 30.3 Å². The van der Waals surface area contributed by atoms with Crippen molar-refractivity contribution >= 4 is 33.5 Å². The first-order valence-electron chi connectivity index (χ1n) is 12.2. The number of rotatable bonds is 4. The fourth-order valence-corrected chi connectivity index (χ4v) is 5.71. The standard InChI is InChI=1S/C30H26N2O5/c1-30(2)15-21-28(23(33)16-30)27-19-7-5-4-6-17(19)8-11-22(27)31-29(21)25-13-12-24(37-25)20-10-9-18(32(34)35)14-26(20)36-3/h4-14,29,31H,15-16H2,1-3H3/t29-/m1/s1. The van der Waals surface area contributed by atoms with Crippen LogP contribution in [0.4, 0.5) is 11.4 Å². The van der Waals surface area contributed by atoms with Gasteiger partial charge in [-0.05, 0) is 52.4 Å². The number of carbonyl (C=O) groups excluding carboxylic acids is 1. The number of nitro benzene ring substituents is 1. The van der Waals surface area contributed by atoms with Crippen molar-refractivity contribution < 1.29 is 18.9 Å². The summed E-state index contributed by atoms with van der Waals surface area (Å²) in [5, 5.41) is 17.0. The van der Waals surface area contributed by atoms with Gasteiger partial charge in [0, 0.05) is 29.3 Å². The van der Waals surface area contributed by atoms with Crippen molar-refractivity contribution in [3.63, 3.8) is 0 Å². The Labute approximate surface area is 213 Å². The smallest absolute Gasteiger partial charge is 0.273 e. The molecule has 6 rings (SSSR count). The zero-order valence-corrected chi connectivity index (χ0v) is 20.8. The van der Waals surface area contributed by atoms with Crippen molar-refractivity contribution in [2.24, 2.45) is 5.41 Å². The van der Waals surface area contributed by atoms with Gasteiger partial charge in [0.2, 0.25) is 0 Å². The molecule has 1 aromatic heterocycles. The number of hydrogen-bond donors (Lipinski definition) is 1. The minimum atomic E-state index is -0.456. The number of non-ortho nitro benzene ring substituents is 1. The van der Waals surface area contributed by atoms with Crippen LogP contribution in [0.2, 0.25) is 0 Å². The number of allylic oxidation sites excluding steroid dienone is 1. The Morgan fingerprint density at radius 3 is 2.65 bits per heavy atom. The molecular weight excluding hydrogens is 468 g/mol. The number of ketones is 1. The molecule has 0 radical (unpaired) electrons. The molecule has 0 amide bonds. The third-order valence-corrected chi connectivity index (χ3v) is 7.31. The lowest BCUT2D eigenvalue weighted by molar-refractivity contribution is -0.384. The fourth-order valence-electron chi connectivity index (χ4n) is 5.71. The summed E-state index contributed by atoms with van der Waals surface area (Å²) in [7, 11) is 1.48. The van der Waals surface area contributed by atoms with Crippen molar-refractivity contribution in [1.29, 1.82) is 0 Å². The molecule has 37 heavy (non-hydrogen) atoms. The van der Waals surface area contributed by atoms with Gasteiger partial charge in [0.25, 0.3) is 5.69 Å². The van der Waals surface area contributed by atoms with Gasteiger partial charge in [0.15, 0.2) is 5.78 Å². The van der Waals surface area contributed by atoms with Crippen LogP contribution >= 0.6 is 0 Å². The minimum absolute atomic E-state index is 0.0529. The first-order valence-corrected chi connectivity index (χ1v) is 12.2. The van der Waals surface area contributed by atoms with Crippen molar-refractivity contribution in [1.82, 2.24) is 0 Å². The van der Waals surface area contributed by atoms with E-state index in [1.165, 1.54) is 19.2 Å². The summed E-state index contributed by atoms with van der Waals surface area (Å²) < 4.78 is 11.8. The van der Waals surface area contributed by atoms with E-state index >= 15 is 0 Å². The van der Waals surface area contributed by atoms with E-state index < -0.39 is 4.92 Å². The first kappa shape index (κ1) is 23.0. The number of fused-ring (bicyclic) bond motifs is 4. The molecule has 0 bridgehead atoms. The van der Waals surface area contributed by atoms with Crippen LogP contribution in [-0.4, -0.2) is 17.8 Å². The molecule has 0 fully saturated rings. The highest BCUT2D eigenvalue weighted by Crippen LogP contribution is 2.52. The zero-order chi connectivity index (χ0) is 25.9. The number of nitrogens with one attached hydrogen (secondary N) is 1. The molecule has 1 atom stereocenters. The molecule has 2 heterocycles. The average Bonchev–Trinajstić information content (AvgIpc) is 3.36. The maximum Gasteiger partial charge on any atom is 0.273 e. The van der Waals surface area contributed by atoms with E-state index in [1.54, 1.807) is 6.07 Å². The molecule has 4 aromatic rings. The van der Waals surface area contributed by atoms with Gasteiger partial charge in [-0.1, -0.05) is 44.2 Å². The Morgan fingerprint density at radius 2 is 1.86 bits per heavy atom. The number of carbonyl (C=O) groups is 1. The first-order chi connectivity index (χ1) is 17.8. The fraction of sp³-hybridized carbons (Fsp3) is 0.233. The molecule has 1 aliphatic carbocycles. The highest BCUT2D eigenvalue weighted by molar-refractivity contribution is 6.28. The quantitative estimate of drug-likeness (QED) is 0.236. The van der Waals surface area contributed by atoms with Crippen LogP contribution in [0.25, 0.3) is 27.7 Å². The second kappa shape index (κ2) is 8.34. The van der Waals surface area contributed by atoms with E-state index in [9.17, 15) is 14.9 Å². The molecule has 3 aromatic carbocycles. The Hall–Kier alpha value is -4.39. The number of hydrogen-bond acceptors (Lipinski definition) is 6. The van der Waals surface area contributed by atoms with Gasteiger partial charge in [-0.3, -0.25) is 14.9 Å². The molecule has 2 aliphatic rings. The van der Waals surface area contributed by atoms with Crippen LogP contribution in [0.3, 0.4) is 0 Å². The van der Waals surface area contributed by atoms with Crippen LogP contribution in [0.1, 0.15) is 44.1 Å². The summed E-state index contributed by atoms with van der Waals surface area (Å²) in [4.78, 5) is 24.4. The highest BCUT2D eigenvalue weighted by Gasteiger charge is 2.41. The summed E-state index contributed by atoms with van der Waals surface area (Å²) >= 11 is 0. The highest BCUT2D eigenvalue weighted by atomic mass is 16.6. The number of furan rings is 1. The van der Waals surface area contributed by atoms with Gasteiger partial charge >= 0.3 is 0 Å². The lowest BCUT2D eigenvalue weighted by Gasteiger charge is -2.39. The average molecular weight is 495 g/mol. The van der Waals surface area contributed by atoms with Gasteiger partial charge in [0.05, 0.1) is 23.7 Å². The number of Topliss-reactive ketones (excluding diaryl/α,β-unsaturated/α-hetero) is 1. The maximum absolute atomic E-state index is 13.6. The number of anilines is 1. The summed E-state index contributed by atoms with van der Waals surface area (Å²) in [6.07, 6.45) is 1.25. The van der Waals surface area contributed by atoms with Crippen molar-refractivity contribution in [2.75, 3.05) is 12.4 Å². The molecule has 7 heteroatoms. The van der Waals surface area contributed by atoms with Crippen molar-refractivity contribution in [3.05, 3.63) is 93.7 Å². The topological polar surface area (TPSA) is 94.6 Å². The molecule has 0 spiro atoms. The van der Waals surface area contributed by atoms with Crippen molar-refractivity contribution in [2.45, 2.75) is 32.7 Å².